The van der Waals surface area contributed by atoms with Gasteiger partial charge in [0.15, 0.2) is 0 Å². The molecule has 2 rings (SSSR count). The van der Waals surface area contributed by atoms with Crippen molar-refractivity contribution in [1.29, 1.82) is 0 Å². The number of carbonyl (C=O) groups is 1. The Morgan fingerprint density at radius 2 is 1.86 bits per heavy atom. The Morgan fingerprint density at radius 1 is 1.19 bits per heavy atom. The van der Waals surface area contributed by atoms with Gasteiger partial charge in [0.2, 0.25) is 0 Å². The molecule has 0 aromatic heterocycles. The van der Waals surface area contributed by atoms with Gasteiger partial charge in [-0.25, -0.2) is 4.39 Å². The van der Waals surface area contributed by atoms with Gasteiger partial charge >= 0.3 is 0 Å². The fourth-order valence-electron chi connectivity index (χ4n) is 1.97. The third-order valence-electron chi connectivity index (χ3n) is 3.11. The molecule has 0 radical (unpaired) electrons. The van der Waals surface area contributed by atoms with Crippen molar-refractivity contribution in [1.82, 2.24) is 0 Å². The second-order valence-corrected chi connectivity index (χ2v) is 4.64. The summed E-state index contributed by atoms with van der Waals surface area (Å²) in [6, 6.07) is 8.51. The third kappa shape index (κ3) is 3.05. The van der Waals surface area contributed by atoms with Crippen LogP contribution in [-0.2, 0) is 0 Å². The van der Waals surface area contributed by atoms with Crippen molar-refractivity contribution in [3.63, 3.8) is 0 Å². The van der Waals surface area contributed by atoms with Crippen molar-refractivity contribution < 1.29 is 14.1 Å². The van der Waals surface area contributed by atoms with E-state index in [9.17, 15) is 19.3 Å². The van der Waals surface area contributed by atoms with Crippen molar-refractivity contribution in [3.8, 4) is 0 Å². The SMILES string of the molecule is Cc1cc([N+](=O)[O-])c(C)cc1NC(=O)c1ccccc1F. The van der Waals surface area contributed by atoms with Crippen molar-refractivity contribution in [2.75, 3.05) is 5.32 Å². The predicted molar refractivity (Wildman–Crippen MR) is 76.9 cm³/mol. The molecule has 6 heteroatoms. The van der Waals surface area contributed by atoms with Crippen molar-refractivity contribution in [3.05, 3.63) is 69.0 Å². The van der Waals surface area contributed by atoms with E-state index in [1.165, 1.54) is 30.3 Å². The van der Waals surface area contributed by atoms with Gasteiger partial charge in [-0.3, -0.25) is 14.9 Å². The molecule has 0 fully saturated rings. The van der Waals surface area contributed by atoms with Crippen LogP contribution in [0, 0.1) is 29.8 Å². The van der Waals surface area contributed by atoms with Crippen molar-refractivity contribution in [2.45, 2.75) is 13.8 Å². The minimum absolute atomic E-state index is 0.0172. The fourth-order valence-corrected chi connectivity index (χ4v) is 1.97. The van der Waals surface area contributed by atoms with Crippen LogP contribution in [0.3, 0.4) is 0 Å². The number of aryl methyl sites for hydroxylation is 2. The maximum absolute atomic E-state index is 13.5. The summed E-state index contributed by atoms with van der Waals surface area (Å²) in [5.41, 5.74) is 1.29. The Hall–Kier alpha value is -2.76. The Balaban J connectivity index is 2.32. The molecule has 21 heavy (non-hydrogen) atoms. The van der Waals surface area contributed by atoms with Crippen molar-refractivity contribution >= 4 is 17.3 Å². The van der Waals surface area contributed by atoms with E-state index in [1.807, 2.05) is 0 Å². The predicted octanol–water partition coefficient (Wildman–Crippen LogP) is 3.60. The van der Waals surface area contributed by atoms with Gasteiger partial charge in [0.05, 0.1) is 10.5 Å². The number of rotatable bonds is 3. The van der Waals surface area contributed by atoms with Crippen LogP contribution in [0.5, 0.6) is 0 Å². The lowest BCUT2D eigenvalue weighted by Gasteiger charge is -2.10. The summed E-state index contributed by atoms with van der Waals surface area (Å²) in [5.74, 6) is -1.21. The van der Waals surface area contributed by atoms with E-state index in [-0.39, 0.29) is 11.3 Å². The summed E-state index contributed by atoms with van der Waals surface area (Å²) in [6.07, 6.45) is 0. The van der Waals surface area contributed by atoms with Gasteiger partial charge in [-0.2, -0.15) is 0 Å². The van der Waals surface area contributed by atoms with E-state index < -0.39 is 16.6 Å². The molecular weight excluding hydrogens is 275 g/mol. The molecule has 0 aliphatic carbocycles. The molecule has 0 aliphatic heterocycles. The monoisotopic (exact) mass is 288 g/mol. The standard InChI is InChI=1S/C15H13FN2O3/c1-9-8-14(18(20)21)10(2)7-13(9)17-15(19)11-5-3-4-6-12(11)16/h3-8H,1-2H3,(H,17,19). The van der Waals surface area contributed by atoms with E-state index in [0.29, 0.717) is 16.8 Å². The minimum Gasteiger partial charge on any atom is -0.322 e. The second kappa shape index (κ2) is 5.70. The average molecular weight is 288 g/mol. The molecule has 108 valence electrons. The quantitative estimate of drug-likeness (QED) is 0.692. The third-order valence-corrected chi connectivity index (χ3v) is 3.11. The summed E-state index contributed by atoms with van der Waals surface area (Å²) in [5, 5.41) is 13.4. The van der Waals surface area contributed by atoms with Gasteiger partial charge in [0.1, 0.15) is 5.82 Å². The summed E-state index contributed by atoms with van der Waals surface area (Å²) in [4.78, 5) is 22.4. The van der Waals surface area contributed by atoms with E-state index in [1.54, 1.807) is 19.9 Å². The summed E-state index contributed by atoms with van der Waals surface area (Å²) >= 11 is 0. The largest absolute Gasteiger partial charge is 0.322 e. The number of nitro benzene ring substituents is 1. The Labute approximate surface area is 120 Å². The molecule has 0 heterocycles. The summed E-state index contributed by atoms with van der Waals surface area (Å²) in [6.45, 7) is 3.22. The zero-order valence-corrected chi connectivity index (χ0v) is 11.5. The van der Waals surface area contributed by atoms with Crippen molar-refractivity contribution in [2.24, 2.45) is 0 Å². The Morgan fingerprint density at radius 3 is 2.48 bits per heavy atom. The zero-order valence-electron chi connectivity index (χ0n) is 11.5. The first-order valence-corrected chi connectivity index (χ1v) is 6.21. The van der Waals surface area contributed by atoms with Crippen LogP contribution in [-0.4, -0.2) is 10.8 Å². The second-order valence-electron chi connectivity index (χ2n) is 4.64. The summed E-state index contributed by atoms with van der Waals surface area (Å²) < 4.78 is 13.5. The first kappa shape index (κ1) is 14.6. The normalized spacial score (nSPS) is 10.2. The average Bonchev–Trinajstić information content (AvgIpc) is 2.42. The Bertz CT molecular complexity index is 729. The lowest BCUT2D eigenvalue weighted by molar-refractivity contribution is -0.385. The van der Waals surface area contributed by atoms with E-state index in [4.69, 9.17) is 0 Å². The van der Waals surface area contributed by atoms with Crippen LogP contribution in [0.4, 0.5) is 15.8 Å². The number of amides is 1. The number of anilines is 1. The molecule has 0 aliphatic rings. The van der Waals surface area contributed by atoms with Gasteiger partial charge in [-0.1, -0.05) is 12.1 Å². The summed E-state index contributed by atoms with van der Waals surface area (Å²) in [7, 11) is 0. The molecule has 2 aromatic carbocycles. The molecule has 0 atom stereocenters. The highest BCUT2D eigenvalue weighted by Crippen LogP contribution is 2.26. The first-order chi connectivity index (χ1) is 9.90. The number of nitrogens with one attached hydrogen (secondary N) is 1. The molecule has 0 spiro atoms. The van der Waals surface area contributed by atoms with Gasteiger partial charge < -0.3 is 5.32 Å². The number of benzene rings is 2. The number of halogens is 1. The van der Waals surface area contributed by atoms with Crippen LogP contribution in [0.25, 0.3) is 0 Å². The smallest absolute Gasteiger partial charge is 0.272 e. The Kier molecular flexibility index (Phi) is 3.98. The molecule has 5 nitrogen and oxygen atoms in total. The van der Waals surface area contributed by atoms with Gasteiger partial charge in [0, 0.05) is 17.3 Å². The van der Waals surface area contributed by atoms with Crippen LogP contribution in [0.2, 0.25) is 0 Å². The highest BCUT2D eigenvalue weighted by Gasteiger charge is 2.16. The lowest BCUT2D eigenvalue weighted by atomic mass is 10.1. The maximum atomic E-state index is 13.5. The van der Waals surface area contributed by atoms with E-state index >= 15 is 0 Å². The molecule has 1 N–H and O–H groups in total. The number of hydrogen-bond acceptors (Lipinski definition) is 3. The molecule has 0 saturated heterocycles. The highest BCUT2D eigenvalue weighted by molar-refractivity contribution is 6.04. The van der Waals surface area contributed by atoms with Crippen LogP contribution in [0.15, 0.2) is 36.4 Å². The number of carbonyl (C=O) groups excluding carboxylic acids is 1. The molecule has 2 aromatic rings. The topological polar surface area (TPSA) is 72.2 Å². The highest BCUT2D eigenvalue weighted by atomic mass is 19.1. The minimum atomic E-state index is -0.619. The van der Waals surface area contributed by atoms with Crippen LogP contribution < -0.4 is 5.32 Å². The number of hydrogen-bond donors (Lipinski definition) is 1. The van der Waals surface area contributed by atoms with Gasteiger partial charge in [0.25, 0.3) is 11.6 Å². The molecular formula is C15H13FN2O3. The number of nitro groups is 1. The fraction of sp³-hybridized carbons (Fsp3) is 0.133. The lowest BCUT2D eigenvalue weighted by Crippen LogP contribution is -2.14. The molecule has 0 bridgehead atoms. The van der Waals surface area contributed by atoms with Gasteiger partial charge in [-0.05, 0) is 37.6 Å². The maximum Gasteiger partial charge on any atom is 0.272 e. The zero-order chi connectivity index (χ0) is 15.6. The van der Waals surface area contributed by atoms with E-state index in [0.717, 1.165) is 0 Å². The van der Waals surface area contributed by atoms with E-state index in [2.05, 4.69) is 5.32 Å². The van der Waals surface area contributed by atoms with Crippen LogP contribution >= 0.6 is 0 Å². The molecule has 0 saturated carbocycles. The first-order valence-electron chi connectivity index (χ1n) is 6.21. The van der Waals surface area contributed by atoms with Gasteiger partial charge in [-0.15, -0.1) is 0 Å². The number of nitrogens with zero attached hydrogens (tertiary/aromatic N) is 1. The molecule has 1 amide bonds. The molecule has 0 unspecified atom stereocenters. The van der Waals surface area contributed by atoms with Crippen LogP contribution in [0.1, 0.15) is 21.5 Å².